The highest BCUT2D eigenvalue weighted by Gasteiger charge is 2.03. The minimum absolute atomic E-state index is 0.00305. The van der Waals surface area contributed by atoms with E-state index in [0.717, 1.165) is 11.8 Å². The number of halogens is 2. The van der Waals surface area contributed by atoms with E-state index in [9.17, 15) is 9.18 Å². The van der Waals surface area contributed by atoms with Crippen molar-refractivity contribution in [2.45, 2.75) is 13.8 Å². The van der Waals surface area contributed by atoms with E-state index in [-0.39, 0.29) is 16.5 Å². The van der Waals surface area contributed by atoms with Crippen molar-refractivity contribution in [3.05, 3.63) is 34.1 Å². The van der Waals surface area contributed by atoms with Crippen LogP contribution in [0.3, 0.4) is 0 Å². The number of aryl methyl sites for hydroxylation is 1. The number of hydrogen-bond acceptors (Lipinski definition) is 2. The highest BCUT2D eigenvalue weighted by molar-refractivity contribution is 8.13. The van der Waals surface area contributed by atoms with Gasteiger partial charge in [0.2, 0.25) is 0 Å². The van der Waals surface area contributed by atoms with E-state index in [0.29, 0.717) is 16.3 Å². The summed E-state index contributed by atoms with van der Waals surface area (Å²) in [6, 6.07) is 2.85. The van der Waals surface area contributed by atoms with E-state index in [1.54, 1.807) is 6.92 Å². The average molecular weight is 257 g/mol. The summed E-state index contributed by atoms with van der Waals surface area (Å²) in [5, 5.41) is 0.488. The first-order chi connectivity index (χ1) is 7.50. The van der Waals surface area contributed by atoms with Gasteiger partial charge in [0, 0.05) is 11.9 Å². The van der Waals surface area contributed by atoms with Crippen LogP contribution in [0.4, 0.5) is 4.39 Å². The Kier molecular flexibility index (Phi) is 4.85. The molecule has 0 amide bonds. The Labute approximate surface area is 103 Å². The molecule has 1 aromatic carbocycles. The highest BCUT2D eigenvalue weighted by Crippen LogP contribution is 2.19. The maximum atomic E-state index is 13.4. The lowest BCUT2D eigenvalue weighted by Gasteiger charge is -1.99. The van der Waals surface area contributed by atoms with Crippen molar-refractivity contribution < 1.29 is 9.18 Å². The number of thioether (sulfide) groups is 1. The molecule has 0 spiro atoms. The second-order valence-corrected chi connectivity index (χ2v) is 4.72. The van der Waals surface area contributed by atoms with Gasteiger partial charge in [0.25, 0.3) is 0 Å². The first-order valence-corrected chi connectivity index (χ1v) is 5.95. The molecule has 4 heteroatoms. The van der Waals surface area contributed by atoms with E-state index in [1.807, 2.05) is 0 Å². The molecule has 1 nitrogen and oxygen atoms in total. The predicted octanol–water partition coefficient (Wildman–Crippen LogP) is 3.42. The molecule has 1 aromatic rings. The summed E-state index contributed by atoms with van der Waals surface area (Å²) in [6.07, 6.45) is 0. The van der Waals surface area contributed by atoms with Crippen molar-refractivity contribution in [3.63, 3.8) is 0 Å². The van der Waals surface area contributed by atoms with Crippen LogP contribution in [-0.4, -0.2) is 10.9 Å². The molecular weight excluding hydrogens is 247 g/mol. The lowest BCUT2D eigenvalue weighted by atomic mass is 10.1. The molecule has 0 radical (unpaired) electrons. The Morgan fingerprint density at radius 2 is 2.25 bits per heavy atom. The number of benzene rings is 1. The van der Waals surface area contributed by atoms with Gasteiger partial charge in [0.05, 0.1) is 11.3 Å². The number of rotatable bonds is 1. The quantitative estimate of drug-likeness (QED) is 0.717. The second-order valence-electron chi connectivity index (χ2n) is 3.16. The van der Waals surface area contributed by atoms with Gasteiger partial charge in [-0.25, -0.2) is 4.39 Å². The number of carbonyl (C=O) groups is 1. The zero-order valence-electron chi connectivity index (χ0n) is 8.93. The summed E-state index contributed by atoms with van der Waals surface area (Å²) in [7, 11) is 0. The minimum atomic E-state index is -0.387. The molecule has 0 aliphatic rings. The standard InChI is InChI=1S/C12H10ClFOS/c1-8-6-12(14)10(7-11(8)13)4-3-5-16-9(2)15/h6-7H,5H2,1-2H3. The summed E-state index contributed by atoms with van der Waals surface area (Å²) in [6.45, 7) is 3.20. The summed E-state index contributed by atoms with van der Waals surface area (Å²) in [5.74, 6) is 5.34. The number of hydrogen-bond donors (Lipinski definition) is 0. The molecular formula is C12H10ClFOS. The van der Waals surface area contributed by atoms with Crippen LogP contribution < -0.4 is 0 Å². The van der Waals surface area contributed by atoms with Gasteiger partial charge >= 0.3 is 0 Å². The molecule has 84 valence electrons. The van der Waals surface area contributed by atoms with Crippen LogP contribution in [0, 0.1) is 24.6 Å². The second kappa shape index (κ2) is 5.93. The molecule has 0 unspecified atom stereocenters. The zero-order chi connectivity index (χ0) is 12.1. The molecule has 16 heavy (non-hydrogen) atoms. The third-order valence-electron chi connectivity index (χ3n) is 1.82. The lowest BCUT2D eigenvalue weighted by Crippen LogP contribution is -1.87. The lowest BCUT2D eigenvalue weighted by molar-refractivity contribution is -0.109. The summed E-state index contributed by atoms with van der Waals surface area (Å²) < 4.78 is 13.4. The largest absolute Gasteiger partial charge is 0.288 e. The SMILES string of the molecule is CC(=O)SCC#Cc1cc(Cl)c(C)cc1F. The number of carbonyl (C=O) groups excluding carboxylic acids is 1. The minimum Gasteiger partial charge on any atom is -0.288 e. The molecule has 0 saturated carbocycles. The summed E-state index contributed by atoms with van der Waals surface area (Å²) in [5.41, 5.74) is 0.947. The van der Waals surface area contributed by atoms with Gasteiger partial charge in [-0.15, -0.1) is 0 Å². The van der Waals surface area contributed by atoms with Crippen molar-refractivity contribution >= 4 is 28.5 Å². The Bertz CT molecular complexity index is 474. The zero-order valence-corrected chi connectivity index (χ0v) is 10.5. The van der Waals surface area contributed by atoms with E-state index >= 15 is 0 Å². The highest BCUT2D eigenvalue weighted by atomic mass is 35.5. The average Bonchev–Trinajstić information content (AvgIpc) is 2.19. The first kappa shape index (κ1) is 13.1. The van der Waals surface area contributed by atoms with Crippen molar-refractivity contribution in [1.82, 2.24) is 0 Å². The summed E-state index contributed by atoms with van der Waals surface area (Å²) in [4.78, 5) is 10.6. The fraction of sp³-hybridized carbons (Fsp3) is 0.250. The van der Waals surface area contributed by atoms with Crippen LogP contribution >= 0.6 is 23.4 Å². The van der Waals surface area contributed by atoms with Crippen molar-refractivity contribution in [2.24, 2.45) is 0 Å². The van der Waals surface area contributed by atoms with Gasteiger partial charge in [0.1, 0.15) is 5.82 Å². The third-order valence-corrected chi connectivity index (χ3v) is 2.92. The molecule has 1 rings (SSSR count). The van der Waals surface area contributed by atoms with Crippen LogP contribution in [0.15, 0.2) is 12.1 Å². The van der Waals surface area contributed by atoms with Gasteiger partial charge in [-0.2, -0.15) is 0 Å². The fourth-order valence-electron chi connectivity index (χ4n) is 1.01. The molecule has 0 heterocycles. The van der Waals surface area contributed by atoms with Crippen molar-refractivity contribution in [3.8, 4) is 11.8 Å². The van der Waals surface area contributed by atoms with Crippen molar-refractivity contribution in [2.75, 3.05) is 5.75 Å². The molecule has 0 N–H and O–H groups in total. The molecule has 0 aliphatic heterocycles. The fourth-order valence-corrected chi connectivity index (χ4v) is 1.52. The molecule has 0 aliphatic carbocycles. The van der Waals surface area contributed by atoms with Gasteiger partial charge < -0.3 is 0 Å². The van der Waals surface area contributed by atoms with Gasteiger partial charge in [0.15, 0.2) is 5.12 Å². The van der Waals surface area contributed by atoms with Crippen LogP contribution in [0.1, 0.15) is 18.1 Å². The Hall–Kier alpha value is -0.980. The van der Waals surface area contributed by atoms with E-state index in [4.69, 9.17) is 11.6 Å². The van der Waals surface area contributed by atoms with Gasteiger partial charge in [-0.3, -0.25) is 4.79 Å². The van der Waals surface area contributed by atoms with E-state index in [1.165, 1.54) is 19.1 Å². The Morgan fingerprint density at radius 3 is 2.88 bits per heavy atom. The normalized spacial score (nSPS) is 9.50. The third kappa shape index (κ3) is 3.88. The first-order valence-electron chi connectivity index (χ1n) is 4.58. The molecule has 0 aromatic heterocycles. The topological polar surface area (TPSA) is 17.1 Å². The van der Waals surface area contributed by atoms with Crippen LogP contribution in [0.25, 0.3) is 0 Å². The van der Waals surface area contributed by atoms with Crippen LogP contribution in [-0.2, 0) is 4.79 Å². The van der Waals surface area contributed by atoms with E-state index < -0.39 is 0 Å². The monoisotopic (exact) mass is 256 g/mol. The van der Waals surface area contributed by atoms with Gasteiger partial charge in [-0.1, -0.05) is 35.2 Å². The maximum Gasteiger partial charge on any atom is 0.186 e. The van der Waals surface area contributed by atoms with Crippen LogP contribution in [0.5, 0.6) is 0 Å². The van der Waals surface area contributed by atoms with Crippen molar-refractivity contribution in [1.29, 1.82) is 0 Å². The van der Waals surface area contributed by atoms with Crippen LogP contribution in [0.2, 0.25) is 5.02 Å². The molecule has 0 fully saturated rings. The van der Waals surface area contributed by atoms with Gasteiger partial charge in [-0.05, 0) is 24.6 Å². The predicted molar refractivity (Wildman–Crippen MR) is 66.2 cm³/mol. The van der Waals surface area contributed by atoms with E-state index in [2.05, 4.69) is 11.8 Å². The molecule has 0 saturated heterocycles. The summed E-state index contributed by atoms with van der Waals surface area (Å²) >= 11 is 6.95. The smallest absolute Gasteiger partial charge is 0.186 e. The molecule has 0 bridgehead atoms. The Balaban J connectivity index is 2.81. The molecule has 0 atom stereocenters. The maximum absolute atomic E-state index is 13.4. The Morgan fingerprint density at radius 1 is 1.56 bits per heavy atom.